The van der Waals surface area contributed by atoms with Crippen LogP contribution in [0.15, 0.2) is 0 Å². The molecule has 0 aliphatic heterocycles. The third-order valence-corrected chi connectivity index (χ3v) is 8.05. The van der Waals surface area contributed by atoms with E-state index in [0.29, 0.717) is 0 Å². The SMILES string of the molecule is CC(=O)[C@H](C)CCO[Si](C)(C)C(C)(C)C. The highest BCUT2D eigenvalue weighted by Crippen LogP contribution is 2.36. The third-order valence-electron chi connectivity index (χ3n) is 3.51. The van der Waals surface area contributed by atoms with E-state index in [4.69, 9.17) is 4.43 Å². The molecule has 0 saturated heterocycles. The van der Waals surface area contributed by atoms with E-state index in [-0.39, 0.29) is 16.7 Å². The molecule has 0 unspecified atom stereocenters. The number of rotatable bonds is 5. The lowest BCUT2D eigenvalue weighted by Gasteiger charge is -2.36. The quantitative estimate of drug-likeness (QED) is 0.674. The molecule has 0 heterocycles. The summed E-state index contributed by atoms with van der Waals surface area (Å²) < 4.78 is 6.00. The fourth-order valence-corrected chi connectivity index (χ4v) is 1.97. The Balaban J connectivity index is 4.01. The molecule has 1 atom stereocenters. The first kappa shape index (κ1) is 14.8. The zero-order chi connectivity index (χ0) is 12.3. The van der Waals surface area contributed by atoms with Gasteiger partial charge in [-0.05, 0) is 31.5 Å². The highest BCUT2D eigenvalue weighted by molar-refractivity contribution is 6.74. The van der Waals surface area contributed by atoms with Crippen LogP contribution in [0.4, 0.5) is 0 Å². The van der Waals surface area contributed by atoms with Gasteiger partial charge in [-0.25, -0.2) is 0 Å². The number of hydrogen-bond acceptors (Lipinski definition) is 2. The Labute approximate surface area is 95.5 Å². The highest BCUT2D eigenvalue weighted by atomic mass is 28.4. The van der Waals surface area contributed by atoms with Crippen molar-refractivity contribution in [1.29, 1.82) is 0 Å². The van der Waals surface area contributed by atoms with Crippen molar-refractivity contribution in [3.05, 3.63) is 0 Å². The fraction of sp³-hybridized carbons (Fsp3) is 0.917. The van der Waals surface area contributed by atoms with Gasteiger partial charge in [0.1, 0.15) is 5.78 Å². The molecule has 0 aromatic carbocycles. The van der Waals surface area contributed by atoms with Gasteiger partial charge in [-0.1, -0.05) is 27.7 Å². The van der Waals surface area contributed by atoms with E-state index in [1.807, 2.05) is 6.92 Å². The first-order chi connectivity index (χ1) is 6.58. The molecule has 0 amide bonds. The molecular weight excluding hydrogens is 204 g/mol. The largest absolute Gasteiger partial charge is 0.417 e. The van der Waals surface area contributed by atoms with Crippen molar-refractivity contribution >= 4 is 14.1 Å². The number of ketones is 1. The van der Waals surface area contributed by atoms with Crippen LogP contribution >= 0.6 is 0 Å². The molecule has 0 saturated carbocycles. The van der Waals surface area contributed by atoms with Crippen LogP contribution in [-0.4, -0.2) is 20.7 Å². The van der Waals surface area contributed by atoms with Crippen molar-refractivity contribution in [1.82, 2.24) is 0 Å². The minimum absolute atomic E-state index is 0.134. The first-order valence-corrected chi connectivity index (χ1v) is 8.63. The molecule has 3 heteroatoms. The summed E-state index contributed by atoms with van der Waals surface area (Å²) in [4.78, 5) is 11.1. The lowest BCUT2D eigenvalue weighted by atomic mass is 10.1. The summed E-state index contributed by atoms with van der Waals surface area (Å²) in [5.74, 6) is 0.392. The third kappa shape index (κ3) is 4.93. The van der Waals surface area contributed by atoms with E-state index in [1.54, 1.807) is 6.92 Å². The molecule has 0 aromatic heterocycles. The van der Waals surface area contributed by atoms with Crippen molar-refractivity contribution in [2.45, 2.75) is 59.2 Å². The molecule has 0 bridgehead atoms. The van der Waals surface area contributed by atoms with Gasteiger partial charge in [0.05, 0.1) is 0 Å². The van der Waals surface area contributed by atoms with Gasteiger partial charge >= 0.3 is 0 Å². The monoisotopic (exact) mass is 230 g/mol. The second-order valence-electron chi connectivity index (χ2n) is 5.91. The molecular formula is C12H26O2Si. The summed E-state index contributed by atoms with van der Waals surface area (Å²) in [6.07, 6.45) is 0.849. The van der Waals surface area contributed by atoms with Gasteiger partial charge in [-0.2, -0.15) is 0 Å². The van der Waals surface area contributed by atoms with Crippen molar-refractivity contribution in [2.75, 3.05) is 6.61 Å². The number of hydrogen-bond donors (Lipinski definition) is 0. The molecule has 0 N–H and O–H groups in total. The highest BCUT2D eigenvalue weighted by Gasteiger charge is 2.36. The zero-order valence-corrected chi connectivity index (χ0v) is 12.3. The van der Waals surface area contributed by atoms with E-state index in [9.17, 15) is 4.79 Å². The Bertz CT molecular complexity index is 216. The van der Waals surface area contributed by atoms with Crippen LogP contribution in [0.5, 0.6) is 0 Å². The minimum atomic E-state index is -1.62. The molecule has 0 spiro atoms. The fourth-order valence-electron chi connectivity index (χ4n) is 0.911. The van der Waals surface area contributed by atoms with Crippen molar-refractivity contribution in [2.24, 2.45) is 5.92 Å². The second kappa shape index (κ2) is 5.26. The molecule has 0 aliphatic rings. The summed E-state index contributed by atoms with van der Waals surface area (Å²) in [6.45, 7) is 15.5. The predicted molar refractivity (Wildman–Crippen MR) is 67.6 cm³/mol. The molecule has 0 aromatic rings. The first-order valence-electron chi connectivity index (χ1n) is 5.72. The average Bonchev–Trinajstić information content (AvgIpc) is 2.01. The van der Waals surface area contributed by atoms with Crippen LogP contribution in [0.3, 0.4) is 0 Å². The van der Waals surface area contributed by atoms with Gasteiger partial charge in [-0.3, -0.25) is 4.79 Å². The Kier molecular flexibility index (Phi) is 5.20. The second-order valence-corrected chi connectivity index (χ2v) is 10.7. The summed E-state index contributed by atoms with van der Waals surface area (Å²) in [5, 5.41) is 0.256. The predicted octanol–water partition coefficient (Wildman–Crippen LogP) is 3.62. The number of Topliss-reactive ketones (excluding diaryl/α,β-unsaturated/α-hetero) is 1. The van der Waals surface area contributed by atoms with Crippen LogP contribution in [0.2, 0.25) is 18.1 Å². The molecule has 0 aliphatic carbocycles. The van der Waals surface area contributed by atoms with Crippen LogP contribution in [-0.2, 0) is 9.22 Å². The van der Waals surface area contributed by atoms with E-state index < -0.39 is 8.32 Å². The molecule has 90 valence electrons. The summed E-state index contributed by atoms with van der Waals surface area (Å²) in [6, 6.07) is 0. The minimum Gasteiger partial charge on any atom is -0.417 e. The van der Waals surface area contributed by atoms with E-state index in [2.05, 4.69) is 33.9 Å². The Morgan fingerprint density at radius 1 is 1.33 bits per heavy atom. The maximum absolute atomic E-state index is 11.1. The lowest BCUT2D eigenvalue weighted by Crippen LogP contribution is -2.41. The summed E-state index contributed by atoms with van der Waals surface area (Å²) >= 11 is 0. The van der Waals surface area contributed by atoms with Gasteiger partial charge in [-0.15, -0.1) is 0 Å². The molecule has 0 fully saturated rings. The van der Waals surface area contributed by atoms with E-state index in [1.165, 1.54) is 0 Å². The number of carbonyl (C=O) groups is 1. The topological polar surface area (TPSA) is 26.3 Å². The summed E-state index contributed by atoms with van der Waals surface area (Å²) in [5.41, 5.74) is 0. The van der Waals surface area contributed by atoms with Gasteiger partial charge in [0.25, 0.3) is 0 Å². The van der Waals surface area contributed by atoms with E-state index >= 15 is 0 Å². The maximum atomic E-state index is 11.1. The Hall–Kier alpha value is -0.153. The van der Waals surface area contributed by atoms with Crippen molar-refractivity contribution < 1.29 is 9.22 Å². The van der Waals surface area contributed by atoms with Crippen molar-refractivity contribution in [3.63, 3.8) is 0 Å². The van der Waals surface area contributed by atoms with Crippen LogP contribution in [0.1, 0.15) is 41.0 Å². The van der Waals surface area contributed by atoms with Gasteiger partial charge in [0.15, 0.2) is 8.32 Å². The van der Waals surface area contributed by atoms with Gasteiger partial charge in [0.2, 0.25) is 0 Å². The molecule has 2 nitrogen and oxygen atoms in total. The van der Waals surface area contributed by atoms with Crippen LogP contribution in [0, 0.1) is 5.92 Å². The van der Waals surface area contributed by atoms with Gasteiger partial charge in [0, 0.05) is 12.5 Å². The Morgan fingerprint density at radius 3 is 2.13 bits per heavy atom. The Morgan fingerprint density at radius 2 is 1.80 bits per heavy atom. The smallest absolute Gasteiger partial charge is 0.191 e. The molecule has 0 rings (SSSR count). The van der Waals surface area contributed by atoms with E-state index in [0.717, 1.165) is 13.0 Å². The average molecular weight is 230 g/mol. The van der Waals surface area contributed by atoms with Gasteiger partial charge < -0.3 is 4.43 Å². The van der Waals surface area contributed by atoms with Crippen LogP contribution in [0.25, 0.3) is 0 Å². The number of carbonyl (C=O) groups excluding carboxylic acids is 1. The lowest BCUT2D eigenvalue weighted by molar-refractivity contribution is -0.120. The maximum Gasteiger partial charge on any atom is 0.191 e. The van der Waals surface area contributed by atoms with Crippen LogP contribution < -0.4 is 0 Å². The summed E-state index contributed by atoms with van der Waals surface area (Å²) in [7, 11) is -1.62. The normalized spacial score (nSPS) is 15.1. The van der Waals surface area contributed by atoms with Crippen molar-refractivity contribution in [3.8, 4) is 0 Å². The standard InChI is InChI=1S/C12H26O2Si/c1-10(11(2)13)8-9-14-15(6,7)12(3,4)5/h10H,8-9H2,1-7H3/t10-/m1/s1. The zero-order valence-electron chi connectivity index (χ0n) is 11.3. The molecule has 15 heavy (non-hydrogen) atoms. The molecule has 0 radical (unpaired) electrons.